The lowest BCUT2D eigenvalue weighted by Crippen LogP contribution is -2.44. The predicted octanol–water partition coefficient (Wildman–Crippen LogP) is 1.50. The van der Waals surface area contributed by atoms with E-state index in [-0.39, 0.29) is 11.8 Å². The number of amides is 1. The Morgan fingerprint density at radius 1 is 1.59 bits per heavy atom. The molecule has 0 aromatic rings. The zero-order valence-corrected chi connectivity index (χ0v) is 10.7. The molecule has 1 amide bonds. The second-order valence-corrected chi connectivity index (χ2v) is 4.23. The van der Waals surface area contributed by atoms with E-state index >= 15 is 0 Å². The van der Waals surface area contributed by atoms with Crippen molar-refractivity contribution in [2.75, 3.05) is 26.3 Å². The Labute approximate surface area is 102 Å². The monoisotopic (exact) mass is 242 g/mol. The van der Waals surface area contributed by atoms with Crippen LogP contribution in [0.2, 0.25) is 0 Å². The summed E-state index contributed by atoms with van der Waals surface area (Å²) in [5, 5.41) is 12.2. The van der Waals surface area contributed by atoms with E-state index in [1.165, 1.54) is 0 Å². The number of oxime groups is 1. The molecule has 1 aliphatic heterocycles. The molecule has 0 saturated carbocycles. The first-order chi connectivity index (χ1) is 8.22. The van der Waals surface area contributed by atoms with Crippen LogP contribution in [0.25, 0.3) is 0 Å². The third-order valence-corrected chi connectivity index (χ3v) is 3.19. The van der Waals surface area contributed by atoms with Crippen molar-refractivity contribution in [1.29, 1.82) is 0 Å². The third-order valence-electron chi connectivity index (χ3n) is 3.19. The van der Waals surface area contributed by atoms with Gasteiger partial charge in [-0.2, -0.15) is 0 Å². The molecule has 0 bridgehead atoms. The number of likely N-dealkylation sites (tertiary alicyclic amines) is 1. The number of carbonyl (C=O) groups excluding carboxylic acids is 1. The van der Waals surface area contributed by atoms with E-state index in [0.29, 0.717) is 39.1 Å². The van der Waals surface area contributed by atoms with Gasteiger partial charge in [0.2, 0.25) is 5.91 Å². The van der Waals surface area contributed by atoms with Crippen LogP contribution in [0.3, 0.4) is 0 Å². The minimum atomic E-state index is 0.133. The highest BCUT2D eigenvalue weighted by Gasteiger charge is 2.27. The highest BCUT2D eigenvalue weighted by atomic mass is 16.5. The molecule has 1 fully saturated rings. The van der Waals surface area contributed by atoms with Crippen molar-refractivity contribution in [2.24, 2.45) is 11.1 Å². The van der Waals surface area contributed by atoms with Gasteiger partial charge in [0.05, 0.1) is 18.7 Å². The first-order valence-corrected chi connectivity index (χ1v) is 6.29. The van der Waals surface area contributed by atoms with Crippen molar-refractivity contribution in [3.63, 3.8) is 0 Å². The number of nitrogens with zero attached hydrogens (tertiary/aromatic N) is 2. The lowest BCUT2D eigenvalue weighted by atomic mass is 9.93. The Kier molecular flexibility index (Phi) is 5.97. The third kappa shape index (κ3) is 4.00. The summed E-state index contributed by atoms with van der Waals surface area (Å²) in [5.41, 5.74) is 0.821. The van der Waals surface area contributed by atoms with Gasteiger partial charge >= 0.3 is 0 Å². The Hall–Kier alpha value is -1.10. The van der Waals surface area contributed by atoms with Gasteiger partial charge in [0.1, 0.15) is 0 Å². The smallest absolute Gasteiger partial charge is 0.224 e. The van der Waals surface area contributed by atoms with E-state index in [4.69, 9.17) is 9.94 Å². The number of carbonyl (C=O) groups is 1. The van der Waals surface area contributed by atoms with Gasteiger partial charge in [0.25, 0.3) is 0 Å². The normalized spacial score (nSPS) is 23.1. The SMILES string of the molecule is CCOCCC(=O)N1CCC(=NO)C(CC)C1. The van der Waals surface area contributed by atoms with E-state index in [9.17, 15) is 4.79 Å². The summed E-state index contributed by atoms with van der Waals surface area (Å²) in [4.78, 5) is 13.7. The maximum atomic E-state index is 11.9. The fraction of sp³-hybridized carbons (Fsp3) is 0.833. The molecule has 5 heteroatoms. The molecular formula is C12H22N2O3. The molecule has 1 unspecified atom stereocenters. The Bertz CT molecular complexity index is 279. The van der Waals surface area contributed by atoms with Gasteiger partial charge in [-0.25, -0.2) is 0 Å². The van der Waals surface area contributed by atoms with Crippen molar-refractivity contribution in [1.82, 2.24) is 4.90 Å². The molecule has 1 rings (SSSR count). The zero-order valence-electron chi connectivity index (χ0n) is 10.7. The fourth-order valence-electron chi connectivity index (χ4n) is 2.10. The fourth-order valence-corrected chi connectivity index (χ4v) is 2.10. The van der Waals surface area contributed by atoms with Crippen molar-refractivity contribution in [3.8, 4) is 0 Å². The summed E-state index contributed by atoms with van der Waals surface area (Å²) in [6.07, 6.45) is 2.01. The van der Waals surface area contributed by atoms with Crippen LogP contribution in [0.5, 0.6) is 0 Å². The molecule has 1 atom stereocenters. The average molecular weight is 242 g/mol. The predicted molar refractivity (Wildman–Crippen MR) is 65.3 cm³/mol. The van der Waals surface area contributed by atoms with Crippen LogP contribution in [0.4, 0.5) is 0 Å². The zero-order chi connectivity index (χ0) is 12.7. The van der Waals surface area contributed by atoms with E-state index in [1.54, 1.807) is 0 Å². The first kappa shape index (κ1) is 14.0. The number of piperidine rings is 1. The van der Waals surface area contributed by atoms with Gasteiger partial charge in [-0.3, -0.25) is 4.79 Å². The van der Waals surface area contributed by atoms with Crippen LogP contribution in [0.1, 0.15) is 33.1 Å². The average Bonchev–Trinajstić information content (AvgIpc) is 2.38. The van der Waals surface area contributed by atoms with Gasteiger partial charge < -0.3 is 14.8 Å². The summed E-state index contributed by atoms with van der Waals surface area (Å²) in [6, 6.07) is 0. The van der Waals surface area contributed by atoms with Gasteiger partial charge in [0, 0.05) is 32.0 Å². The minimum Gasteiger partial charge on any atom is -0.411 e. The molecule has 0 radical (unpaired) electrons. The van der Waals surface area contributed by atoms with Crippen molar-refractivity contribution in [3.05, 3.63) is 0 Å². The van der Waals surface area contributed by atoms with E-state index < -0.39 is 0 Å². The molecule has 0 spiro atoms. The molecule has 0 aromatic heterocycles. The molecular weight excluding hydrogens is 220 g/mol. The van der Waals surface area contributed by atoms with Crippen LogP contribution >= 0.6 is 0 Å². The van der Waals surface area contributed by atoms with Crippen molar-refractivity contribution in [2.45, 2.75) is 33.1 Å². The first-order valence-electron chi connectivity index (χ1n) is 6.29. The highest BCUT2D eigenvalue weighted by molar-refractivity contribution is 5.89. The van der Waals surface area contributed by atoms with Gasteiger partial charge in [-0.15, -0.1) is 0 Å². The second kappa shape index (κ2) is 7.27. The summed E-state index contributed by atoms with van der Waals surface area (Å²) >= 11 is 0. The molecule has 98 valence electrons. The molecule has 17 heavy (non-hydrogen) atoms. The largest absolute Gasteiger partial charge is 0.411 e. The van der Waals surface area contributed by atoms with E-state index in [0.717, 1.165) is 12.1 Å². The van der Waals surface area contributed by atoms with Gasteiger partial charge in [0.15, 0.2) is 0 Å². The standard InChI is InChI=1S/C12H22N2O3/c1-3-10-9-14(7-5-11(10)13-16)12(15)6-8-17-4-2/h10,16H,3-9H2,1-2H3. The summed E-state index contributed by atoms with van der Waals surface area (Å²) in [7, 11) is 0. The van der Waals surface area contributed by atoms with E-state index in [2.05, 4.69) is 5.16 Å². The van der Waals surface area contributed by atoms with Crippen molar-refractivity contribution >= 4 is 11.6 Å². The molecule has 1 saturated heterocycles. The number of hydrogen-bond acceptors (Lipinski definition) is 4. The van der Waals surface area contributed by atoms with Crippen LogP contribution in [-0.4, -0.2) is 48.0 Å². The Balaban J connectivity index is 2.43. The molecule has 0 aliphatic carbocycles. The highest BCUT2D eigenvalue weighted by Crippen LogP contribution is 2.18. The Morgan fingerprint density at radius 2 is 2.35 bits per heavy atom. The number of ether oxygens (including phenoxy) is 1. The van der Waals surface area contributed by atoms with Gasteiger partial charge in [-0.05, 0) is 13.3 Å². The molecule has 1 aliphatic rings. The van der Waals surface area contributed by atoms with Crippen LogP contribution in [-0.2, 0) is 9.53 Å². The Morgan fingerprint density at radius 3 is 2.94 bits per heavy atom. The summed E-state index contributed by atoms with van der Waals surface area (Å²) < 4.78 is 5.18. The lowest BCUT2D eigenvalue weighted by Gasteiger charge is -2.32. The molecule has 1 heterocycles. The summed E-state index contributed by atoms with van der Waals surface area (Å²) in [5.74, 6) is 0.332. The van der Waals surface area contributed by atoms with E-state index in [1.807, 2.05) is 18.7 Å². The number of rotatable bonds is 5. The maximum Gasteiger partial charge on any atom is 0.224 e. The van der Waals surface area contributed by atoms with Crippen LogP contribution in [0, 0.1) is 5.92 Å². The maximum absolute atomic E-state index is 11.9. The quantitative estimate of drug-likeness (QED) is 0.451. The van der Waals surface area contributed by atoms with Crippen LogP contribution in [0.15, 0.2) is 5.16 Å². The molecule has 5 nitrogen and oxygen atoms in total. The molecule has 1 N–H and O–H groups in total. The second-order valence-electron chi connectivity index (χ2n) is 4.23. The van der Waals surface area contributed by atoms with Crippen molar-refractivity contribution < 1.29 is 14.7 Å². The van der Waals surface area contributed by atoms with Gasteiger partial charge in [-0.1, -0.05) is 12.1 Å². The summed E-state index contributed by atoms with van der Waals surface area (Å²) in [6.45, 7) is 6.42. The number of hydrogen-bond donors (Lipinski definition) is 1. The van der Waals surface area contributed by atoms with Crippen LogP contribution < -0.4 is 0 Å². The lowest BCUT2D eigenvalue weighted by molar-refractivity contribution is -0.133. The topological polar surface area (TPSA) is 62.1 Å². The minimum absolute atomic E-state index is 0.133. The molecule has 0 aromatic carbocycles.